The van der Waals surface area contributed by atoms with Crippen molar-refractivity contribution in [3.05, 3.63) is 17.8 Å². The fourth-order valence-electron chi connectivity index (χ4n) is 3.52. The molecule has 0 saturated carbocycles. The molecular formula is C20H30N4O3. The number of amides is 2. The molecule has 1 N–H and O–H groups in total. The number of aromatic nitrogens is 2. The van der Waals surface area contributed by atoms with Crippen molar-refractivity contribution in [2.24, 2.45) is 11.8 Å². The number of carbonyl (C=O) groups excluding carboxylic acids is 2. The highest BCUT2D eigenvalue weighted by Crippen LogP contribution is 2.23. The van der Waals surface area contributed by atoms with Gasteiger partial charge in [0.05, 0.1) is 18.2 Å². The summed E-state index contributed by atoms with van der Waals surface area (Å²) in [5.41, 5.74) is 0.923. The largest absolute Gasteiger partial charge is 0.476 e. The van der Waals surface area contributed by atoms with Crippen LogP contribution >= 0.6 is 0 Å². The number of nitrogens with one attached hydrogen (secondary N) is 1. The Kier molecular flexibility index (Phi) is 5.97. The van der Waals surface area contributed by atoms with Gasteiger partial charge in [-0.2, -0.15) is 5.10 Å². The molecule has 2 saturated heterocycles. The van der Waals surface area contributed by atoms with Crippen LogP contribution in [0.3, 0.4) is 0 Å². The van der Waals surface area contributed by atoms with E-state index >= 15 is 0 Å². The average molecular weight is 374 g/mol. The lowest BCUT2D eigenvalue weighted by Gasteiger charge is -2.35. The Bertz CT molecular complexity index is 651. The molecule has 3 heterocycles. The zero-order chi connectivity index (χ0) is 19.4. The van der Waals surface area contributed by atoms with Crippen molar-refractivity contribution in [3.63, 3.8) is 0 Å². The van der Waals surface area contributed by atoms with Crippen LogP contribution in [0.5, 0.6) is 5.88 Å². The minimum Gasteiger partial charge on any atom is -0.476 e. The summed E-state index contributed by atoms with van der Waals surface area (Å²) in [7, 11) is 0. The van der Waals surface area contributed by atoms with Gasteiger partial charge in [0.15, 0.2) is 0 Å². The normalized spacial score (nSPS) is 21.7. The van der Waals surface area contributed by atoms with Crippen molar-refractivity contribution in [1.29, 1.82) is 0 Å². The molecule has 0 aliphatic carbocycles. The minimum absolute atomic E-state index is 0.0218. The first-order valence-corrected chi connectivity index (χ1v) is 9.85. The van der Waals surface area contributed by atoms with Gasteiger partial charge in [-0.05, 0) is 31.2 Å². The van der Waals surface area contributed by atoms with Crippen LogP contribution in [0.25, 0.3) is 0 Å². The predicted molar refractivity (Wildman–Crippen MR) is 101 cm³/mol. The number of piperidine rings is 2. The summed E-state index contributed by atoms with van der Waals surface area (Å²) in [6.45, 7) is 8.91. The number of nitrogens with zero attached hydrogens (tertiary/aromatic N) is 3. The van der Waals surface area contributed by atoms with Gasteiger partial charge in [0.25, 0.3) is 0 Å². The summed E-state index contributed by atoms with van der Waals surface area (Å²) in [6.07, 6.45) is 2.98. The summed E-state index contributed by atoms with van der Waals surface area (Å²) in [5, 5.41) is 11.2. The van der Waals surface area contributed by atoms with E-state index < -0.39 is 0 Å². The summed E-state index contributed by atoms with van der Waals surface area (Å²) in [5.74, 6) is 1.14. The third kappa shape index (κ3) is 5.17. The van der Waals surface area contributed by atoms with Crippen molar-refractivity contribution in [2.45, 2.75) is 51.9 Å². The smallest absolute Gasteiger partial charge is 0.233 e. The molecule has 7 nitrogen and oxygen atoms in total. The van der Waals surface area contributed by atoms with Crippen LogP contribution in [0.15, 0.2) is 12.1 Å². The number of ether oxygens (including phenoxy) is 1. The summed E-state index contributed by atoms with van der Waals surface area (Å²) >= 11 is 0. The van der Waals surface area contributed by atoms with Crippen LogP contribution < -0.4 is 10.1 Å². The third-order valence-corrected chi connectivity index (χ3v) is 5.42. The quantitative estimate of drug-likeness (QED) is 0.870. The Morgan fingerprint density at radius 3 is 2.52 bits per heavy atom. The molecule has 0 radical (unpaired) electrons. The average Bonchev–Trinajstić information content (AvgIpc) is 2.66. The van der Waals surface area contributed by atoms with E-state index in [1.54, 1.807) is 0 Å². The van der Waals surface area contributed by atoms with E-state index in [4.69, 9.17) is 4.74 Å². The van der Waals surface area contributed by atoms with Crippen molar-refractivity contribution >= 4 is 11.8 Å². The topological polar surface area (TPSA) is 84.4 Å². The molecule has 1 unspecified atom stereocenters. The molecule has 0 aromatic carbocycles. The van der Waals surface area contributed by atoms with Crippen LogP contribution in [-0.2, 0) is 15.0 Å². The van der Waals surface area contributed by atoms with Crippen molar-refractivity contribution < 1.29 is 14.3 Å². The zero-order valence-electron chi connectivity index (χ0n) is 16.5. The lowest BCUT2D eigenvalue weighted by molar-refractivity contribution is -0.138. The highest BCUT2D eigenvalue weighted by molar-refractivity contribution is 5.83. The van der Waals surface area contributed by atoms with Gasteiger partial charge in [0, 0.05) is 37.5 Å². The molecule has 2 aliphatic heterocycles. The maximum Gasteiger partial charge on any atom is 0.233 e. The molecule has 3 rings (SSSR count). The lowest BCUT2D eigenvalue weighted by Crippen LogP contribution is -2.47. The van der Waals surface area contributed by atoms with Gasteiger partial charge in [-0.15, -0.1) is 5.10 Å². The molecule has 7 heteroatoms. The number of carbonyl (C=O) groups is 2. The first-order valence-electron chi connectivity index (χ1n) is 9.85. The molecule has 1 atom stereocenters. The Hall–Kier alpha value is -2.18. The Balaban J connectivity index is 1.42. The van der Waals surface area contributed by atoms with E-state index in [0.717, 1.165) is 31.6 Å². The van der Waals surface area contributed by atoms with Crippen LogP contribution in [0, 0.1) is 11.8 Å². The fraction of sp³-hybridized carbons (Fsp3) is 0.700. The number of hydrogen-bond acceptors (Lipinski definition) is 5. The predicted octanol–water partition coefficient (Wildman–Crippen LogP) is 1.92. The first kappa shape index (κ1) is 19.6. The molecule has 27 heavy (non-hydrogen) atoms. The van der Waals surface area contributed by atoms with Crippen LogP contribution in [0.2, 0.25) is 0 Å². The van der Waals surface area contributed by atoms with Gasteiger partial charge in [-0.25, -0.2) is 0 Å². The minimum atomic E-state index is -0.0629. The number of likely N-dealkylation sites (tertiary alicyclic amines) is 1. The Labute approximate surface area is 160 Å². The summed E-state index contributed by atoms with van der Waals surface area (Å²) < 4.78 is 5.81. The summed E-state index contributed by atoms with van der Waals surface area (Å²) in [6, 6.07) is 3.84. The highest BCUT2D eigenvalue weighted by Gasteiger charge is 2.31. The number of hydrogen-bond donors (Lipinski definition) is 1. The molecule has 1 aromatic heterocycles. The monoisotopic (exact) mass is 374 g/mol. The van der Waals surface area contributed by atoms with E-state index in [1.807, 2.05) is 17.0 Å². The van der Waals surface area contributed by atoms with E-state index in [9.17, 15) is 9.59 Å². The van der Waals surface area contributed by atoms with E-state index in [1.165, 1.54) is 0 Å². The lowest BCUT2D eigenvalue weighted by atomic mass is 9.92. The number of rotatable bonds is 4. The van der Waals surface area contributed by atoms with Crippen molar-refractivity contribution in [2.75, 3.05) is 26.2 Å². The molecule has 1 aromatic rings. The third-order valence-electron chi connectivity index (χ3n) is 5.42. The molecule has 2 aliphatic rings. The van der Waals surface area contributed by atoms with Crippen LogP contribution in [0.1, 0.15) is 52.1 Å². The summed E-state index contributed by atoms with van der Waals surface area (Å²) in [4.78, 5) is 25.8. The van der Waals surface area contributed by atoms with Gasteiger partial charge in [-0.3, -0.25) is 9.59 Å². The zero-order valence-corrected chi connectivity index (χ0v) is 16.5. The van der Waals surface area contributed by atoms with Crippen LogP contribution in [-0.4, -0.2) is 53.2 Å². The van der Waals surface area contributed by atoms with E-state index in [0.29, 0.717) is 37.8 Å². The second-order valence-electron chi connectivity index (χ2n) is 8.63. The maximum absolute atomic E-state index is 12.6. The second kappa shape index (κ2) is 8.23. The fourth-order valence-corrected chi connectivity index (χ4v) is 3.52. The highest BCUT2D eigenvalue weighted by atomic mass is 16.5. The maximum atomic E-state index is 12.6. The molecular weight excluding hydrogens is 344 g/mol. The molecule has 2 amide bonds. The van der Waals surface area contributed by atoms with Gasteiger partial charge in [0.1, 0.15) is 0 Å². The van der Waals surface area contributed by atoms with Gasteiger partial charge in [-0.1, -0.05) is 20.8 Å². The Morgan fingerprint density at radius 2 is 1.96 bits per heavy atom. The van der Waals surface area contributed by atoms with Gasteiger partial charge in [0.2, 0.25) is 17.7 Å². The molecule has 2 fully saturated rings. The standard InChI is InChI=1S/C20H30N4O3/c1-20(2,3)16-5-7-18(23-22-16)27-13-14-8-10-24(11-9-14)19(26)15-4-6-17(25)21-12-15/h5,7,14-15H,4,6,8-13H2,1-3H3,(H,21,25). The van der Waals surface area contributed by atoms with E-state index in [2.05, 4.69) is 36.3 Å². The van der Waals surface area contributed by atoms with E-state index in [-0.39, 0.29) is 23.1 Å². The molecule has 148 valence electrons. The molecule has 0 bridgehead atoms. The SMILES string of the molecule is CC(C)(C)c1ccc(OCC2CCN(C(=O)C3CCC(=O)NC3)CC2)nn1. The van der Waals surface area contributed by atoms with Crippen molar-refractivity contribution in [3.8, 4) is 5.88 Å². The second-order valence-corrected chi connectivity index (χ2v) is 8.63. The van der Waals surface area contributed by atoms with Crippen LogP contribution in [0.4, 0.5) is 0 Å². The first-order chi connectivity index (χ1) is 12.8. The Morgan fingerprint density at radius 1 is 1.22 bits per heavy atom. The van der Waals surface area contributed by atoms with Gasteiger partial charge < -0.3 is 15.0 Å². The van der Waals surface area contributed by atoms with Gasteiger partial charge >= 0.3 is 0 Å². The molecule has 0 spiro atoms. The van der Waals surface area contributed by atoms with Crippen molar-refractivity contribution in [1.82, 2.24) is 20.4 Å².